The topological polar surface area (TPSA) is 40.5 Å². The fourth-order valence-corrected chi connectivity index (χ4v) is 1.76. The van der Waals surface area contributed by atoms with Crippen molar-refractivity contribution in [2.75, 3.05) is 0 Å². The Bertz CT molecular complexity index is 308. The number of hydrogen-bond donors (Lipinski definition) is 2. The van der Waals surface area contributed by atoms with E-state index in [0.717, 1.165) is 0 Å². The van der Waals surface area contributed by atoms with Gasteiger partial charge in [0, 0.05) is 13.5 Å². The predicted molar refractivity (Wildman–Crippen MR) is 56.6 cm³/mol. The van der Waals surface area contributed by atoms with Crippen molar-refractivity contribution in [2.45, 2.75) is 0 Å². The zero-order valence-corrected chi connectivity index (χ0v) is 9.50. The van der Waals surface area contributed by atoms with Gasteiger partial charge in [-0.3, -0.25) is 0 Å². The highest BCUT2D eigenvalue weighted by Gasteiger charge is 2.21. The van der Waals surface area contributed by atoms with Crippen LogP contribution in [-0.2, 0) is 0 Å². The SMILES string of the molecule is OB(O)c1c(Br)ccc(I)c1F. The number of halogens is 3. The number of hydrogen-bond acceptors (Lipinski definition) is 2. The first-order valence-corrected chi connectivity index (χ1v) is 4.90. The van der Waals surface area contributed by atoms with E-state index in [4.69, 9.17) is 10.0 Å². The lowest BCUT2D eigenvalue weighted by atomic mass is 9.80. The van der Waals surface area contributed by atoms with Gasteiger partial charge < -0.3 is 10.0 Å². The van der Waals surface area contributed by atoms with Gasteiger partial charge in [0.25, 0.3) is 0 Å². The van der Waals surface area contributed by atoms with Gasteiger partial charge in [-0.15, -0.1) is 0 Å². The highest BCUT2D eigenvalue weighted by Crippen LogP contribution is 2.15. The summed E-state index contributed by atoms with van der Waals surface area (Å²) in [6.07, 6.45) is 0. The molecule has 12 heavy (non-hydrogen) atoms. The summed E-state index contributed by atoms with van der Waals surface area (Å²) in [6, 6.07) is 3.12. The van der Waals surface area contributed by atoms with Crippen LogP contribution in [0.2, 0.25) is 0 Å². The van der Waals surface area contributed by atoms with Gasteiger partial charge in [-0.25, -0.2) is 4.39 Å². The molecule has 0 aliphatic carbocycles. The average Bonchev–Trinajstić information content (AvgIpc) is 1.97. The summed E-state index contributed by atoms with van der Waals surface area (Å²) in [6.45, 7) is 0. The molecule has 0 aliphatic rings. The third kappa shape index (κ3) is 1.98. The summed E-state index contributed by atoms with van der Waals surface area (Å²) in [7, 11) is -1.78. The van der Waals surface area contributed by atoms with Crippen molar-refractivity contribution in [1.29, 1.82) is 0 Å². The van der Waals surface area contributed by atoms with Gasteiger partial charge in [0.2, 0.25) is 0 Å². The van der Waals surface area contributed by atoms with Gasteiger partial charge in [-0.05, 0) is 34.7 Å². The van der Waals surface area contributed by atoms with Crippen molar-refractivity contribution in [2.24, 2.45) is 0 Å². The van der Waals surface area contributed by atoms with E-state index in [0.29, 0.717) is 8.04 Å². The Morgan fingerprint density at radius 1 is 1.42 bits per heavy atom. The highest BCUT2D eigenvalue weighted by atomic mass is 127. The van der Waals surface area contributed by atoms with E-state index in [9.17, 15) is 4.39 Å². The van der Waals surface area contributed by atoms with Crippen LogP contribution in [0.3, 0.4) is 0 Å². The minimum absolute atomic E-state index is 0.123. The van der Waals surface area contributed by atoms with E-state index in [1.54, 1.807) is 34.7 Å². The van der Waals surface area contributed by atoms with Crippen molar-refractivity contribution < 1.29 is 14.4 Å². The third-order valence-electron chi connectivity index (χ3n) is 1.34. The molecule has 0 spiro atoms. The first-order valence-electron chi connectivity index (χ1n) is 3.03. The van der Waals surface area contributed by atoms with Crippen LogP contribution >= 0.6 is 38.5 Å². The van der Waals surface area contributed by atoms with Crippen molar-refractivity contribution in [3.05, 3.63) is 26.0 Å². The van der Waals surface area contributed by atoms with Crippen molar-refractivity contribution in [1.82, 2.24) is 0 Å². The first kappa shape index (κ1) is 10.4. The Morgan fingerprint density at radius 3 is 2.42 bits per heavy atom. The Morgan fingerprint density at radius 2 is 2.00 bits per heavy atom. The van der Waals surface area contributed by atoms with E-state index < -0.39 is 12.9 Å². The monoisotopic (exact) mass is 344 g/mol. The molecule has 0 aliphatic heterocycles. The van der Waals surface area contributed by atoms with Crippen LogP contribution in [0.1, 0.15) is 0 Å². The molecule has 2 nitrogen and oxygen atoms in total. The first-order chi connectivity index (χ1) is 5.54. The van der Waals surface area contributed by atoms with Crippen molar-refractivity contribution in [3.8, 4) is 0 Å². The molecule has 0 fully saturated rings. The minimum Gasteiger partial charge on any atom is -0.423 e. The number of benzene rings is 1. The van der Waals surface area contributed by atoms with E-state index in [-0.39, 0.29) is 5.46 Å². The molecule has 1 rings (SSSR count). The normalized spacial score (nSPS) is 10.1. The molecule has 0 saturated carbocycles. The Balaban J connectivity index is 3.33. The molecule has 0 amide bonds. The van der Waals surface area contributed by atoms with Crippen LogP contribution in [0, 0.1) is 9.39 Å². The van der Waals surface area contributed by atoms with Gasteiger partial charge in [0.05, 0.1) is 0 Å². The summed E-state index contributed by atoms with van der Waals surface area (Å²) >= 11 is 4.80. The van der Waals surface area contributed by atoms with Crippen LogP contribution in [0.25, 0.3) is 0 Å². The molecular formula is C6H4BBrFIO2. The van der Waals surface area contributed by atoms with E-state index >= 15 is 0 Å². The maximum atomic E-state index is 13.2. The summed E-state index contributed by atoms with van der Waals surface area (Å²) in [5.41, 5.74) is -0.123. The summed E-state index contributed by atoms with van der Waals surface area (Å²) < 4.78 is 13.9. The second-order valence-electron chi connectivity index (χ2n) is 2.13. The lowest BCUT2D eigenvalue weighted by Gasteiger charge is -2.05. The zero-order valence-electron chi connectivity index (χ0n) is 5.76. The molecule has 0 aromatic heterocycles. The maximum absolute atomic E-state index is 13.2. The number of rotatable bonds is 1. The second-order valence-corrected chi connectivity index (χ2v) is 4.15. The van der Waals surface area contributed by atoms with Gasteiger partial charge in [0.1, 0.15) is 5.82 Å². The highest BCUT2D eigenvalue weighted by molar-refractivity contribution is 14.1. The summed E-state index contributed by atoms with van der Waals surface area (Å²) in [5, 5.41) is 17.6. The molecule has 6 heteroatoms. The second kappa shape index (κ2) is 4.04. The van der Waals surface area contributed by atoms with Gasteiger partial charge in [-0.1, -0.05) is 15.9 Å². The molecule has 1 aromatic carbocycles. The van der Waals surface area contributed by atoms with Gasteiger partial charge >= 0.3 is 7.12 Å². The lowest BCUT2D eigenvalue weighted by Crippen LogP contribution is -2.34. The van der Waals surface area contributed by atoms with Crippen LogP contribution in [-0.4, -0.2) is 17.2 Å². The standard InChI is InChI=1S/C6H4BBrFIO2/c8-3-1-2-4(10)6(9)5(3)7(11)12/h1-2,11-12H. The van der Waals surface area contributed by atoms with E-state index in [2.05, 4.69) is 15.9 Å². The quantitative estimate of drug-likeness (QED) is 0.451. The van der Waals surface area contributed by atoms with E-state index in [1.807, 2.05) is 0 Å². The molecule has 0 bridgehead atoms. The van der Waals surface area contributed by atoms with Gasteiger partial charge in [-0.2, -0.15) is 0 Å². The molecule has 64 valence electrons. The average molecular weight is 345 g/mol. The lowest BCUT2D eigenvalue weighted by molar-refractivity contribution is 0.422. The van der Waals surface area contributed by atoms with E-state index in [1.165, 1.54) is 0 Å². The Labute approximate surface area is 91.2 Å². The largest absolute Gasteiger partial charge is 0.492 e. The molecular weight excluding hydrogens is 341 g/mol. The molecule has 0 radical (unpaired) electrons. The predicted octanol–water partition coefficient (Wildman–Crippen LogP) is 0.873. The summed E-state index contributed by atoms with van der Waals surface area (Å²) in [4.78, 5) is 0. The smallest absolute Gasteiger partial charge is 0.423 e. The Kier molecular flexibility index (Phi) is 3.51. The maximum Gasteiger partial charge on any atom is 0.492 e. The molecule has 0 saturated heterocycles. The molecule has 0 atom stereocenters. The molecule has 1 aromatic rings. The van der Waals surface area contributed by atoms with Crippen LogP contribution in [0.5, 0.6) is 0 Å². The van der Waals surface area contributed by atoms with Crippen molar-refractivity contribution in [3.63, 3.8) is 0 Å². The zero-order chi connectivity index (χ0) is 9.30. The molecule has 0 unspecified atom stereocenters. The molecule has 2 N–H and O–H groups in total. The van der Waals surface area contributed by atoms with Crippen LogP contribution in [0.4, 0.5) is 4.39 Å². The fraction of sp³-hybridized carbons (Fsp3) is 0. The van der Waals surface area contributed by atoms with Crippen molar-refractivity contribution >= 4 is 51.1 Å². The van der Waals surface area contributed by atoms with Crippen LogP contribution < -0.4 is 5.46 Å². The van der Waals surface area contributed by atoms with Crippen LogP contribution in [0.15, 0.2) is 16.6 Å². The minimum atomic E-state index is -1.78. The third-order valence-corrected chi connectivity index (χ3v) is 2.86. The fourth-order valence-electron chi connectivity index (χ4n) is 0.779. The molecule has 0 heterocycles. The van der Waals surface area contributed by atoms with Gasteiger partial charge in [0.15, 0.2) is 0 Å². The summed E-state index contributed by atoms with van der Waals surface area (Å²) in [5.74, 6) is -0.597. The Hall–Kier alpha value is 0.345.